The van der Waals surface area contributed by atoms with Crippen LogP contribution in [0, 0.1) is 11.8 Å². The lowest BCUT2D eigenvalue weighted by atomic mass is 10.0. The number of nitrogens with zero attached hydrogens (tertiary/aromatic N) is 1. The van der Waals surface area contributed by atoms with Gasteiger partial charge in [-0.05, 0) is 46.9 Å². The van der Waals surface area contributed by atoms with E-state index in [2.05, 4.69) is 39.9 Å². The fourth-order valence-electron chi connectivity index (χ4n) is 3.22. The molecule has 2 aliphatic heterocycles. The van der Waals surface area contributed by atoms with Crippen LogP contribution in [0.1, 0.15) is 0 Å². The zero-order valence-corrected chi connectivity index (χ0v) is 10.5. The van der Waals surface area contributed by atoms with E-state index in [9.17, 15) is 0 Å². The van der Waals surface area contributed by atoms with Crippen molar-refractivity contribution in [2.45, 2.75) is 0 Å². The molecular weight excluding hydrogens is 228 g/mol. The second-order valence-corrected chi connectivity index (χ2v) is 6.17. The molecule has 2 aliphatic rings. The summed E-state index contributed by atoms with van der Waals surface area (Å²) in [6.07, 6.45) is 0. The molecule has 1 N–H and O–H groups in total. The van der Waals surface area contributed by atoms with Crippen LogP contribution in [0.15, 0.2) is 29.6 Å². The monoisotopic (exact) mass is 244 g/mol. The van der Waals surface area contributed by atoms with Gasteiger partial charge in [0.1, 0.15) is 0 Å². The summed E-state index contributed by atoms with van der Waals surface area (Å²) >= 11 is 1.83. The third kappa shape index (κ3) is 1.57. The topological polar surface area (TPSA) is 15.3 Å². The first-order valence-corrected chi connectivity index (χ1v) is 7.21. The molecule has 2 fully saturated rings. The fraction of sp³-hybridized carbons (Fsp3) is 0.429. The first kappa shape index (κ1) is 9.92. The predicted molar refractivity (Wildman–Crippen MR) is 73.9 cm³/mol. The number of hydrogen-bond acceptors (Lipinski definition) is 3. The van der Waals surface area contributed by atoms with Crippen molar-refractivity contribution in [3.8, 4) is 0 Å². The van der Waals surface area contributed by atoms with Crippen molar-refractivity contribution in [3.63, 3.8) is 0 Å². The fourth-order valence-corrected chi connectivity index (χ4v) is 3.99. The molecule has 2 unspecified atom stereocenters. The second-order valence-electron chi connectivity index (χ2n) is 5.23. The van der Waals surface area contributed by atoms with Crippen LogP contribution in [-0.4, -0.2) is 26.2 Å². The minimum atomic E-state index is 0.869. The average molecular weight is 244 g/mol. The summed E-state index contributed by atoms with van der Waals surface area (Å²) in [6.45, 7) is 4.88. The Bertz CT molecular complexity index is 536. The van der Waals surface area contributed by atoms with Gasteiger partial charge in [-0.2, -0.15) is 0 Å². The van der Waals surface area contributed by atoms with Crippen molar-refractivity contribution >= 4 is 27.1 Å². The van der Waals surface area contributed by atoms with Crippen LogP contribution in [-0.2, 0) is 0 Å². The molecule has 0 aliphatic carbocycles. The largest absolute Gasteiger partial charge is 0.371 e. The standard InChI is InChI=1S/C14H16N2S/c1-2-14-10(3-4-17-14)5-13(1)16-8-11-6-15-7-12(11)9-16/h1-5,11-12,15H,6-9H2. The van der Waals surface area contributed by atoms with E-state index in [1.807, 2.05) is 11.3 Å². The van der Waals surface area contributed by atoms with E-state index in [-0.39, 0.29) is 0 Å². The van der Waals surface area contributed by atoms with E-state index in [1.54, 1.807) is 0 Å². The van der Waals surface area contributed by atoms with Gasteiger partial charge in [0.15, 0.2) is 0 Å². The molecule has 0 amide bonds. The quantitative estimate of drug-likeness (QED) is 0.829. The maximum Gasteiger partial charge on any atom is 0.0373 e. The number of rotatable bonds is 1. The lowest BCUT2D eigenvalue weighted by Gasteiger charge is -2.19. The highest BCUT2D eigenvalue weighted by Crippen LogP contribution is 2.32. The minimum absolute atomic E-state index is 0.869. The maximum atomic E-state index is 3.50. The van der Waals surface area contributed by atoms with Crippen molar-refractivity contribution in [2.24, 2.45) is 11.8 Å². The normalized spacial score (nSPS) is 27.9. The molecule has 3 heterocycles. The molecule has 0 radical (unpaired) electrons. The van der Waals surface area contributed by atoms with Crippen LogP contribution < -0.4 is 10.2 Å². The van der Waals surface area contributed by atoms with Gasteiger partial charge in [0.05, 0.1) is 0 Å². The molecule has 3 heteroatoms. The van der Waals surface area contributed by atoms with E-state index in [0.717, 1.165) is 11.8 Å². The molecule has 17 heavy (non-hydrogen) atoms. The summed E-state index contributed by atoms with van der Waals surface area (Å²) in [5, 5.41) is 7.07. The number of thiophene rings is 1. The SMILES string of the molecule is c1cc2cc(N3CC4CNCC4C3)ccc2s1. The third-order valence-electron chi connectivity index (χ3n) is 4.19. The second kappa shape index (κ2) is 3.72. The zero-order chi connectivity index (χ0) is 11.2. The maximum absolute atomic E-state index is 3.50. The van der Waals surface area contributed by atoms with Gasteiger partial charge in [-0.15, -0.1) is 11.3 Å². The average Bonchev–Trinajstić information content (AvgIpc) is 3.02. The van der Waals surface area contributed by atoms with Gasteiger partial charge < -0.3 is 10.2 Å². The van der Waals surface area contributed by atoms with Gasteiger partial charge in [-0.25, -0.2) is 0 Å². The first-order chi connectivity index (χ1) is 8.40. The van der Waals surface area contributed by atoms with Gasteiger partial charge in [-0.3, -0.25) is 0 Å². The molecule has 2 saturated heterocycles. The number of benzene rings is 1. The summed E-state index contributed by atoms with van der Waals surface area (Å²) < 4.78 is 1.40. The first-order valence-electron chi connectivity index (χ1n) is 6.33. The van der Waals surface area contributed by atoms with E-state index >= 15 is 0 Å². The van der Waals surface area contributed by atoms with E-state index < -0.39 is 0 Å². The third-order valence-corrected chi connectivity index (χ3v) is 5.09. The highest BCUT2D eigenvalue weighted by molar-refractivity contribution is 7.17. The van der Waals surface area contributed by atoms with E-state index in [4.69, 9.17) is 0 Å². The Morgan fingerprint density at radius 2 is 1.94 bits per heavy atom. The summed E-state index contributed by atoms with van der Waals surface area (Å²) in [7, 11) is 0. The van der Waals surface area contributed by atoms with Crippen molar-refractivity contribution in [1.82, 2.24) is 5.32 Å². The number of anilines is 1. The Hall–Kier alpha value is -1.06. The molecule has 1 aromatic carbocycles. The molecule has 2 nitrogen and oxygen atoms in total. The van der Waals surface area contributed by atoms with Crippen LogP contribution in [0.3, 0.4) is 0 Å². The van der Waals surface area contributed by atoms with E-state index in [1.165, 1.54) is 42.0 Å². The van der Waals surface area contributed by atoms with Gasteiger partial charge >= 0.3 is 0 Å². The minimum Gasteiger partial charge on any atom is -0.371 e. The predicted octanol–water partition coefficient (Wildman–Crippen LogP) is 2.56. The van der Waals surface area contributed by atoms with Crippen molar-refractivity contribution in [3.05, 3.63) is 29.6 Å². The summed E-state index contributed by atoms with van der Waals surface area (Å²) in [5.74, 6) is 1.74. The molecule has 4 rings (SSSR count). The Morgan fingerprint density at radius 3 is 2.76 bits per heavy atom. The van der Waals surface area contributed by atoms with E-state index in [0.29, 0.717) is 0 Å². The zero-order valence-electron chi connectivity index (χ0n) is 9.73. The summed E-state index contributed by atoms with van der Waals surface area (Å²) in [4.78, 5) is 2.56. The smallest absolute Gasteiger partial charge is 0.0373 e. The summed E-state index contributed by atoms with van der Waals surface area (Å²) in [5.41, 5.74) is 1.41. The van der Waals surface area contributed by atoms with Crippen LogP contribution in [0.25, 0.3) is 10.1 Å². The van der Waals surface area contributed by atoms with Gasteiger partial charge in [-0.1, -0.05) is 0 Å². The molecular formula is C14H16N2S. The Labute approximate surface area is 105 Å². The molecule has 88 valence electrons. The number of nitrogens with one attached hydrogen (secondary N) is 1. The lowest BCUT2D eigenvalue weighted by molar-refractivity contribution is 0.533. The molecule has 0 spiro atoms. The highest BCUT2D eigenvalue weighted by Gasteiger charge is 2.36. The molecule has 1 aromatic heterocycles. The highest BCUT2D eigenvalue weighted by atomic mass is 32.1. The van der Waals surface area contributed by atoms with Gasteiger partial charge in [0, 0.05) is 36.6 Å². The van der Waals surface area contributed by atoms with Crippen LogP contribution in [0.4, 0.5) is 5.69 Å². The van der Waals surface area contributed by atoms with Crippen LogP contribution in [0.2, 0.25) is 0 Å². The van der Waals surface area contributed by atoms with Crippen molar-refractivity contribution in [1.29, 1.82) is 0 Å². The molecule has 0 bridgehead atoms. The van der Waals surface area contributed by atoms with Crippen molar-refractivity contribution in [2.75, 3.05) is 31.1 Å². The van der Waals surface area contributed by atoms with Gasteiger partial charge in [0.25, 0.3) is 0 Å². The molecule has 2 atom stereocenters. The molecule has 2 aromatic rings. The number of fused-ring (bicyclic) bond motifs is 2. The Balaban J connectivity index is 1.66. The van der Waals surface area contributed by atoms with Crippen molar-refractivity contribution < 1.29 is 0 Å². The Morgan fingerprint density at radius 1 is 1.12 bits per heavy atom. The van der Waals surface area contributed by atoms with Gasteiger partial charge in [0.2, 0.25) is 0 Å². The Kier molecular flexibility index (Phi) is 2.17. The molecule has 0 saturated carbocycles. The summed E-state index contributed by atoms with van der Waals surface area (Å²) in [6, 6.07) is 9.12. The van der Waals surface area contributed by atoms with Crippen LogP contribution >= 0.6 is 11.3 Å². The lowest BCUT2D eigenvalue weighted by Crippen LogP contribution is -2.25. The van der Waals surface area contributed by atoms with Crippen LogP contribution in [0.5, 0.6) is 0 Å². The number of hydrogen-bond donors (Lipinski definition) is 1.